The van der Waals surface area contributed by atoms with Crippen molar-refractivity contribution in [3.8, 4) is 0 Å². The van der Waals surface area contributed by atoms with Gasteiger partial charge in [-0.1, -0.05) is 35.4 Å². The van der Waals surface area contributed by atoms with E-state index in [0.717, 1.165) is 0 Å². The number of aryl methyl sites for hydroxylation is 2. The fraction of sp³-hybridized carbons (Fsp3) is 0.143. The molecule has 0 fully saturated rings. The van der Waals surface area contributed by atoms with Crippen LogP contribution >= 0.6 is 0 Å². The summed E-state index contributed by atoms with van der Waals surface area (Å²) in [6.07, 6.45) is 0. The average Bonchev–Trinajstić information content (AvgIpc) is 2.31. The molecule has 0 spiro atoms. The number of benzene rings is 2. The first-order valence-electron chi connectivity index (χ1n) is 6.03. The van der Waals surface area contributed by atoms with E-state index in [1.165, 1.54) is 18.3 Å². The SMILES string of the molecule is Cc1ccc([I+]c2ccc(C)cc2)cc1.F[As-](F)(F)(F)(F)F. The molecule has 2 aromatic carbocycles. The molecule has 0 aliphatic carbocycles. The van der Waals surface area contributed by atoms with Crippen molar-refractivity contribution >= 4 is 14.2 Å². The molecule has 0 heterocycles. The molecule has 0 saturated heterocycles. The van der Waals surface area contributed by atoms with Crippen LogP contribution in [0.3, 0.4) is 0 Å². The number of hydrogen-bond donors (Lipinski definition) is 0. The summed E-state index contributed by atoms with van der Waals surface area (Å²) >= 11 is -11.1. The molecule has 124 valence electrons. The van der Waals surface area contributed by atoms with Gasteiger partial charge in [-0.15, -0.1) is 0 Å². The number of halogens is 7. The number of hydrogen-bond acceptors (Lipinski definition) is 0. The summed E-state index contributed by atoms with van der Waals surface area (Å²) in [4.78, 5) is 0. The van der Waals surface area contributed by atoms with E-state index in [1.54, 1.807) is 0 Å². The van der Waals surface area contributed by atoms with E-state index >= 15 is 0 Å². The fourth-order valence-corrected chi connectivity index (χ4v) is 3.48. The van der Waals surface area contributed by atoms with Gasteiger partial charge in [0.2, 0.25) is 0 Å². The first-order chi connectivity index (χ1) is 9.69. The molecule has 0 amide bonds. The standard InChI is InChI=1S/C14H14I.AsF6/c1-11-3-7-13(8-4-11)15-14-9-5-12(2)6-10-14;2-1(3,4,5,6)7/h3-10H,1-2H3;/q+1;-1. The first kappa shape index (κ1) is 19.4. The van der Waals surface area contributed by atoms with E-state index in [4.69, 9.17) is 0 Å². The molecule has 0 atom stereocenters. The molecule has 8 heteroatoms. The molecule has 0 saturated carbocycles. The van der Waals surface area contributed by atoms with Crippen LogP contribution in [-0.2, 0) is 0 Å². The van der Waals surface area contributed by atoms with Gasteiger partial charge in [-0.05, 0) is 38.1 Å². The summed E-state index contributed by atoms with van der Waals surface area (Å²) in [6, 6.07) is 17.8. The minimum absolute atomic E-state index is 0.00313. The third-order valence-corrected chi connectivity index (χ3v) is 4.92. The van der Waals surface area contributed by atoms with Gasteiger partial charge in [0, 0.05) is 0 Å². The van der Waals surface area contributed by atoms with Crippen LogP contribution in [0.15, 0.2) is 48.5 Å². The Morgan fingerprint density at radius 3 is 1.05 bits per heavy atom. The molecule has 0 radical (unpaired) electrons. The van der Waals surface area contributed by atoms with Crippen molar-refractivity contribution < 1.29 is 42.0 Å². The summed E-state index contributed by atoms with van der Waals surface area (Å²) in [6.45, 7) is 4.27. The van der Waals surface area contributed by atoms with E-state index < -0.39 is 14.2 Å². The van der Waals surface area contributed by atoms with Crippen molar-refractivity contribution in [1.82, 2.24) is 0 Å². The number of rotatable bonds is 2. The van der Waals surface area contributed by atoms with E-state index in [1.807, 2.05) is 0 Å². The molecular weight excluding hydrogens is 484 g/mol. The Kier molecular flexibility index (Phi) is 5.34. The van der Waals surface area contributed by atoms with Gasteiger partial charge in [0.15, 0.2) is 7.14 Å². The zero-order valence-corrected chi connectivity index (χ0v) is 15.7. The second kappa shape index (κ2) is 6.07. The van der Waals surface area contributed by atoms with Crippen molar-refractivity contribution in [2.24, 2.45) is 0 Å². The molecule has 0 bridgehead atoms. The van der Waals surface area contributed by atoms with Gasteiger partial charge in [0.05, 0.1) is 0 Å². The normalized spacial score (nSPS) is 14.4. The molecule has 0 aliphatic heterocycles. The van der Waals surface area contributed by atoms with Crippen molar-refractivity contribution in [2.75, 3.05) is 0 Å². The predicted molar refractivity (Wildman–Crippen MR) is 72.2 cm³/mol. The first-order valence-corrected chi connectivity index (χ1v) is 12.4. The van der Waals surface area contributed by atoms with Gasteiger partial charge in [-0.2, -0.15) is 0 Å². The second-order valence-electron chi connectivity index (χ2n) is 4.64. The molecular formula is C14H14AsF6I. The molecule has 0 nitrogen and oxygen atoms in total. The van der Waals surface area contributed by atoms with Gasteiger partial charge in [0.25, 0.3) is 0 Å². The van der Waals surface area contributed by atoms with Crippen molar-refractivity contribution in [3.05, 3.63) is 66.8 Å². The fourth-order valence-electron chi connectivity index (χ4n) is 1.32. The molecule has 22 heavy (non-hydrogen) atoms. The van der Waals surface area contributed by atoms with Gasteiger partial charge >= 0.3 is 56.2 Å². The minimum atomic E-state index is -11.1. The molecule has 0 unspecified atom stereocenters. The van der Waals surface area contributed by atoms with E-state index in [0.29, 0.717) is 0 Å². The van der Waals surface area contributed by atoms with Crippen molar-refractivity contribution in [3.63, 3.8) is 0 Å². The molecule has 0 aromatic heterocycles. The second-order valence-corrected chi connectivity index (χ2v) is 11.7. The topological polar surface area (TPSA) is 0 Å². The van der Waals surface area contributed by atoms with E-state index in [-0.39, 0.29) is 21.2 Å². The zero-order valence-electron chi connectivity index (χ0n) is 11.7. The Bertz CT molecular complexity index is 562. The average molecular weight is 498 g/mol. The van der Waals surface area contributed by atoms with Gasteiger partial charge in [-0.25, -0.2) is 0 Å². The Morgan fingerprint density at radius 1 is 0.591 bits per heavy atom. The quantitative estimate of drug-likeness (QED) is 0.340. The maximum absolute atomic E-state index is 11.1. The summed E-state index contributed by atoms with van der Waals surface area (Å²) < 4.78 is 62.4. The van der Waals surface area contributed by atoms with Crippen molar-refractivity contribution in [1.29, 1.82) is 0 Å². The Balaban J connectivity index is 0.000000295. The molecule has 0 N–H and O–H groups in total. The Hall–Kier alpha value is -0.692. The summed E-state index contributed by atoms with van der Waals surface area (Å²) in [7, 11) is 0. The third-order valence-electron chi connectivity index (χ3n) is 2.24. The monoisotopic (exact) mass is 498 g/mol. The van der Waals surface area contributed by atoms with Crippen LogP contribution < -0.4 is 21.2 Å². The predicted octanol–water partition coefficient (Wildman–Crippen LogP) is 2.57. The summed E-state index contributed by atoms with van der Waals surface area (Å²) in [5.41, 5.74) is 2.68. The third kappa shape index (κ3) is 11.9. The van der Waals surface area contributed by atoms with Gasteiger partial charge < -0.3 is 0 Å². The van der Waals surface area contributed by atoms with Crippen LogP contribution in [0, 0.1) is 21.0 Å². The van der Waals surface area contributed by atoms with Crippen LogP contribution in [0.25, 0.3) is 0 Å². The zero-order chi connectivity index (χ0) is 17.1. The Labute approximate surface area is 136 Å². The molecule has 2 rings (SSSR count). The van der Waals surface area contributed by atoms with Crippen LogP contribution in [0.2, 0.25) is 0 Å². The van der Waals surface area contributed by atoms with Crippen LogP contribution in [0.5, 0.6) is 0 Å². The molecule has 2 aromatic rings. The summed E-state index contributed by atoms with van der Waals surface area (Å²) in [5, 5.41) is 0. The van der Waals surface area contributed by atoms with Crippen LogP contribution in [0.4, 0.5) is 20.8 Å². The maximum atomic E-state index is 9.91. The van der Waals surface area contributed by atoms with Gasteiger partial charge in [-0.3, -0.25) is 0 Å². The van der Waals surface area contributed by atoms with Gasteiger partial charge in [0.1, 0.15) is 0 Å². The summed E-state index contributed by atoms with van der Waals surface area (Å²) in [5.74, 6) is 0. The van der Waals surface area contributed by atoms with E-state index in [9.17, 15) is 20.8 Å². The van der Waals surface area contributed by atoms with Crippen LogP contribution in [-0.4, -0.2) is 14.2 Å². The van der Waals surface area contributed by atoms with Crippen molar-refractivity contribution in [2.45, 2.75) is 13.8 Å². The molecule has 0 aliphatic rings. The van der Waals surface area contributed by atoms with Crippen LogP contribution in [0.1, 0.15) is 11.1 Å². The Morgan fingerprint density at radius 2 is 0.818 bits per heavy atom. The van der Waals surface area contributed by atoms with E-state index in [2.05, 4.69) is 62.4 Å².